The zero-order chi connectivity index (χ0) is 45.5. The Labute approximate surface area is 392 Å². The smallest absolute Gasteiger partial charge is 0.310 e. The quantitative estimate of drug-likeness (QED) is 0.0765. The highest BCUT2D eigenvalue weighted by Gasteiger charge is 2.30. The Hall–Kier alpha value is -5.31. The number of ether oxygens (including phenoxy) is 2. The van der Waals surface area contributed by atoms with Crippen LogP contribution >= 0.6 is 35.0 Å². The largest absolute Gasteiger partial charge is 0.466 e. The van der Waals surface area contributed by atoms with E-state index in [0.717, 1.165) is 43.2 Å². The molecule has 0 spiro atoms. The summed E-state index contributed by atoms with van der Waals surface area (Å²) in [7, 11) is 0. The van der Waals surface area contributed by atoms with Crippen molar-refractivity contribution in [1.29, 1.82) is 0 Å². The number of amides is 2. The average Bonchev–Trinajstić information content (AvgIpc) is 3.33. The number of nitrogens with zero attached hydrogens (tertiary/aromatic N) is 2. The van der Waals surface area contributed by atoms with Gasteiger partial charge in [0.25, 0.3) is 0 Å². The molecule has 2 unspecified atom stereocenters. The van der Waals surface area contributed by atoms with E-state index in [1.165, 1.54) is 23.9 Å². The lowest BCUT2D eigenvalue weighted by atomic mass is 9.96. The molecule has 15 heteroatoms. The summed E-state index contributed by atoms with van der Waals surface area (Å²) in [5.41, 5.74) is 6.45. The van der Waals surface area contributed by atoms with Crippen molar-refractivity contribution in [2.24, 2.45) is 11.8 Å². The number of halogens is 2. The molecule has 4 aromatic rings. The summed E-state index contributed by atoms with van der Waals surface area (Å²) in [6.07, 6.45) is 10.7. The van der Waals surface area contributed by atoms with Crippen LogP contribution in [0.25, 0.3) is 34.4 Å². The van der Waals surface area contributed by atoms with Gasteiger partial charge in [-0.25, -0.2) is 0 Å². The number of benzene rings is 4. The minimum Gasteiger partial charge on any atom is -0.466 e. The Kier molecular flexibility index (Phi) is 15.2. The molecule has 0 aromatic heterocycles. The number of hydrogen-bond acceptors (Lipinski definition) is 11. The monoisotopic (exact) mass is 940 g/mol. The standard InChI is InChI=1S/C50H50Cl2N2O10S/c1-3-59-49(57)37-7-5-23-53(29-37)43(55)19-13-31-11-17-41(47(51)45(31)35-9-15-39-33(27-35)21-25-61-63-39)65-42-18-12-32(14-20-44(56)54-24-6-8-38(30-54)50(58)60-4-2)46(48(42)52)36-10-16-40-34(28-36)22-26-62-64-40/h9-20,27-28,37-38H,3-8,21-26,29-30H2,1-2H3. The fourth-order valence-electron chi connectivity index (χ4n) is 8.61. The van der Waals surface area contributed by atoms with E-state index in [-0.39, 0.29) is 35.6 Å². The predicted octanol–water partition coefficient (Wildman–Crippen LogP) is 9.84. The molecule has 2 amide bonds. The van der Waals surface area contributed by atoms with Gasteiger partial charge < -0.3 is 29.0 Å². The first kappa shape index (κ1) is 46.2. The van der Waals surface area contributed by atoms with Crippen molar-refractivity contribution in [2.75, 3.05) is 52.6 Å². The predicted molar refractivity (Wildman–Crippen MR) is 248 cm³/mol. The van der Waals surface area contributed by atoms with Crippen LogP contribution in [-0.2, 0) is 51.3 Å². The van der Waals surface area contributed by atoms with Crippen LogP contribution in [0, 0.1) is 11.8 Å². The summed E-state index contributed by atoms with van der Waals surface area (Å²) in [6.45, 7) is 6.65. The van der Waals surface area contributed by atoms with Crippen molar-refractivity contribution in [2.45, 2.75) is 62.2 Å². The van der Waals surface area contributed by atoms with Crippen molar-refractivity contribution in [3.8, 4) is 33.8 Å². The summed E-state index contributed by atoms with van der Waals surface area (Å²) in [4.78, 5) is 78.4. The Morgan fingerprint density at radius 1 is 0.662 bits per heavy atom. The van der Waals surface area contributed by atoms with Crippen LogP contribution in [0.4, 0.5) is 0 Å². The fourth-order valence-corrected chi connectivity index (χ4v) is 10.3. The van der Waals surface area contributed by atoms with Gasteiger partial charge in [-0.15, -0.1) is 0 Å². The van der Waals surface area contributed by atoms with Gasteiger partial charge in [0.05, 0.1) is 48.3 Å². The lowest BCUT2D eigenvalue weighted by Gasteiger charge is -2.30. The second kappa shape index (κ2) is 21.3. The molecule has 4 aliphatic rings. The molecule has 2 atom stereocenters. The van der Waals surface area contributed by atoms with Gasteiger partial charge in [-0.05, 0) is 110 Å². The molecule has 340 valence electrons. The van der Waals surface area contributed by atoms with Crippen LogP contribution in [0.3, 0.4) is 0 Å². The average molecular weight is 942 g/mol. The third-order valence-corrected chi connectivity index (χ3v) is 14.0. The summed E-state index contributed by atoms with van der Waals surface area (Å²) in [5, 5.41) is 0.914. The third kappa shape index (κ3) is 10.7. The Bertz CT molecular complexity index is 2360. The van der Waals surface area contributed by atoms with E-state index in [1.54, 1.807) is 35.8 Å². The second-order valence-corrected chi connectivity index (χ2v) is 18.0. The summed E-state index contributed by atoms with van der Waals surface area (Å²) >= 11 is 16.3. The first-order valence-electron chi connectivity index (χ1n) is 22.1. The van der Waals surface area contributed by atoms with Crippen molar-refractivity contribution >= 4 is 70.9 Å². The highest BCUT2D eigenvalue weighted by molar-refractivity contribution is 7.99. The Morgan fingerprint density at radius 3 is 1.54 bits per heavy atom. The van der Waals surface area contributed by atoms with Crippen molar-refractivity contribution in [3.05, 3.63) is 105 Å². The number of fused-ring (bicyclic) bond motifs is 2. The van der Waals surface area contributed by atoms with Gasteiger partial charge in [-0.3, -0.25) is 19.2 Å². The molecular formula is C50H50Cl2N2O10S. The van der Waals surface area contributed by atoms with Gasteiger partial charge in [0.1, 0.15) is 0 Å². The molecule has 4 heterocycles. The Morgan fingerprint density at radius 2 is 1.11 bits per heavy atom. The first-order valence-corrected chi connectivity index (χ1v) is 23.6. The molecule has 4 aromatic carbocycles. The molecule has 0 saturated carbocycles. The van der Waals surface area contributed by atoms with E-state index in [2.05, 4.69) is 0 Å². The highest BCUT2D eigenvalue weighted by atomic mass is 35.5. The van der Waals surface area contributed by atoms with Gasteiger partial charge in [-0.1, -0.05) is 59.2 Å². The normalized spacial score (nSPS) is 18.4. The topological polar surface area (TPSA) is 130 Å². The number of piperidine rings is 2. The number of carbonyl (C=O) groups is 4. The van der Waals surface area contributed by atoms with Gasteiger partial charge >= 0.3 is 11.9 Å². The van der Waals surface area contributed by atoms with Gasteiger partial charge in [0.15, 0.2) is 11.5 Å². The number of hydrogen-bond donors (Lipinski definition) is 0. The summed E-state index contributed by atoms with van der Waals surface area (Å²) in [6, 6.07) is 19.3. The highest BCUT2D eigenvalue weighted by Crippen LogP contribution is 2.47. The maximum Gasteiger partial charge on any atom is 0.310 e. The van der Waals surface area contributed by atoms with Crippen molar-refractivity contribution < 1.29 is 48.2 Å². The first-order chi connectivity index (χ1) is 31.6. The van der Waals surface area contributed by atoms with Gasteiger partial charge in [-0.2, -0.15) is 9.78 Å². The van der Waals surface area contributed by atoms with E-state index >= 15 is 0 Å². The maximum absolute atomic E-state index is 13.6. The second-order valence-electron chi connectivity index (χ2n) is 16.2. The zero-order valence-electron chi connectivity index (χ0n) is 36.3. The number of esters is 2. The third-order valence-electron chi connectivity index (χ3n) is 11.9. The summed E-state index contributed by atoms with van der Waals surface area (Å²) in [5.74, 6) is -0.422. The lowest BCUT2D eigenvalue weighted by Crippen LogP contribution is -2.42. The van der Waals surface area contributed by atoms with E-state index in [9.17, 15) is 19.2 Å². The molecule has 12 nitrogen and oxygen atoms in total. The van der Waals surface area contributed by atoms with E-state index in [0.29, 0.717) is 124 Å². The molecule has 0 N–H and O–H groups in total. The van der Waals surface area contributed by atoms with Crippen LogP contribution in [0.1, 0.15) is 61.8 Å². The molecule has 0 bridgehead atoms. The van der Waals surface area contributed by atoms with Crippen LogP contribution in [0.5, 0.6) is 11.5 Å². The van der Waals surface area contributed by atoms with Gasteiger partial charge in [0.2, 0.25) is 11.8 Å². The number of carbonyl (C=O) groups excluding carboxylic acids is 4. The van der Waals surface area contributed by atoms with E-state index in [1.807, 2.05) is 60.7 Å². The SMILES string of the molecule is CCOC(=O)C1CCCN(C(=O)C=Cc2ccc(Sc3ccc(C=CC(=O)N4CCCC(C(=O)OCC)C4)c(-c4ccc5c(c4)CCOO5)c3Cl)c(Cl)c2-c2ccc3c(c2)CCOO3)C1. The van der Waals surface area contributed by atoms with Crippen molar-refractivity contribution in [1.82, 2.24) is 9.80 Å². The number of likely N-dealkylation sites (tertiary alicyclic amines) is 2. The van der Waals surface area contributed by atoms with Crippen LogP contribution in [0.2, 0.25) is 10.0 Å². The summed E-state index contributed by atoms with van der Waals surface area (Å²) < 4.78 is 10.5. The van der Waals surface area contributed by atoms with Crippen molar-refractivity contribution in [3.63, 3.8) is 0 Å². The van der Waals surface area contributed by atoms with E-state index in [4.69, 9.17) is 52.2 Å². The van der Waals surface area contributed by atoms with Crippen LogP contribution in [0.15, 0.2) is 82.6 Å². The molecular weight excluding hydrogens is 892 g/mol. The molecule has 4 aliphatic heterocycles. The molecule has 2 saturated heterocycles. The molecule has 0 aliphatic carbocycles. The van der Waals surface area contributed by atoms with Crippen LogP contribution < -0.4 is 9.78 Å². The molecule has 8 rings (SSSR count). The Balaban J connectivity index is 1.13. The minimum absolute atomic E-state index is 0.205. The van der Waals surface area contributed by atoms with Gasteiger partial charge in [0, 0.05) is 83.2 Å². The molecule has 65 heavy (non-hydrogen) atoms. The maximum atomic E-state index is 13.6. The fraction of sp³-hybridized carbons (Fsp3) is 0.360. The minimum atomic E-state index is -0.355. The van der Waals surface area contributed by atoms with Crippen LogP contribution in [-0.4, -0.2) is 86.2 Å². The van der Waals surface area contributed by atoms with E-state index < -0.39 is 0 Å². The number of rotatable bonds is 12. The lowest BCUT2D eigenvalue weighted by molar-refractivity contribution is -0.215. The molecule has 2 fully saturated rings. The molecule has 0 radical (unpaired) electrons. The zero-order valence-corrected chi connectivity index (χ0v) is 38.6.